The molecule has 0 heterocycles. The summed E-state index contributed by atoms with van der Waals surface area (Å²) in [5, 5.41) is 10.6. The molecule has 0 aromatic heterocycles. The molecule has 0 aromatic carbocycles. The zero-order valence-electron chi connectivity index (χ0n) is 7.86. The molecule has 4 nitrogen and oxygen atoms in total. The molecule has 0 saturated heterocycles. The predicted octanol–water partition coefficient (Wildman–Crippen LogP) is 1.80. The van der Waals surface area contributed by atoms with Crippen molar-refractivity contribution in [2.45, 2.75) is 45.1 Å². The summed E-state index contributed by atoms with van der Waals surface area (Å²) in [6.45, 7) is 1.51. The lowest BCUT2D eigenvalue weighted by molar-refractivity contribution is -0.535. The number of ketones is 1. The summed E-state index contributed by atoms with van der Waals surface area (Å²) in [6, 6.07) is -0.474. The molecule has 0 N–H and O–H groups in total. The average Bonchev–Trinajstić information content (AvgIpc) is 2.03. The van der Waals surface area contributed by atoms with E-state index < -0.39 is 6.04 Å². The molecule has 0 radical (unpaired) electrons. The van der Waals surface area contributed by atoms with Gasteiger partial charge in [-0.25, -0.2) is 0 Å². The molecular weight excluding hydrogens is 170 g/mol. The number of hydrogen-bond acceptors (Lipinski definition) is 3. The van der Waals surface area contributed by atoms with Gasteiger partial charge >= 0.3 is 0 Å². The first-order valence-electron chi connectivity index (χ1n) is 4.74. The fourth-order valence-electron chi connectivity index (χ4n) is 2.07. The highest BCUT2D eigenvalue weighted by Gasteiger charge is 2.34. The SMILES string of the molecule is CC(=O)C[C@H]1CCCC[C@H]1[N+](=O)[O-]. The highest BCUT2D eigenvalue weighted by molar-refractivity contribution is 5.75. The van der Waals surface area contributed by atoms with Gasteiger partial charge in [-0.05, 0) is 19.8 Å². The monoisotopic (exact) mass is 185 g/mol. The minimum Gasteiger partial charge on any atom is -0.300 e. The number of carbonyl (C=O) groups is 1. The minimum atomic E-state index is -0.474. The number of rotatable bonds is 3. The van der Waals surface area contributed by atoms with Crippen LogP contribution >= 0.6 is 0 Å². The summed E-state index contributed by atoms with van der Waals surface area (Å²) in [4.78, 5) is 21.3. The quantitative estimate of drug-likeness (QED) is 0.497. The number of nitro groups is 1. The first kappa shape index (κ1) is 10.2. The van der Waals surface area contributed by atoms with E-state index in [9.17, 15) is 14.9 Å². The minimum absolute atomic E-state index is 0.0127. The highest BCUT2D eigenvalue weighted by atomic mass is 16.6. The van der Waals surface area contributed by atoms with Gasteiger partial charge in [0.2, 0.25) is 6.04 Å². The molecule has 1 aliphatic carbocycles. The van der Waals surface area contributed by atoms with Crippen molar-refractivity contribution in [1.82, 2.24) is 0 Å². The topological polar surface area (TPSA) is 60.2 Å². The van der Waals surface area contributed by atoms with E-state index in [-0.39, 0.29) is 16.6 Å². The normalized spacial score (nSPS) is 28.4. The van der Waals surface area contributed by atoms with E-state index in [1.807, 2.05) is 0 Å². The third-order valence-corrected chi connectivity index (χ3v) is 2.69. The predicted molar refractivity (Wildman–Crippen MR) is 48.0 cm³/mol. The Morgan fingerprint density at radius 2 is 2.08 bits per heavy atom. The number of Topliss-reactive ketones (excluding diaryl/α,β-unsaturated/α-hetero) is 1. The molecule has 4 heteroatoms. The van der Waals surface area contributed by atoms with E-state index >= 15 is 0 Å². The zero-order valence-corrected chi connectivity index (χ0v) is 7.86. The highest BCUT2D eigenvalue weighted by Crippen LogP contribution is 2.28. The molecule has 0 unspecified atom stereocenters. The molecule has 0 bridgehead atoms. The van der Waals surface area contributed by atoms with Crippen LogP contribution in [0.3, 0.4) is 0 Å². The zero-order chi connectivity index (χ0) is 9.84. The maximum Gasteiger partial charge on any atom is 0.216 e. The molecule has 2 atom stereocenters. The smallest absolute Gasteiger partial charge is 0.216 e. The van der Waals surface area contributed by atoms with Gasteiger partial charge in [0.15, 0.2) is 0 Å². The molecule has 74 valence electrons. The van der Waals surface area contributed by atoms with Crippen LogP contribution in [0.15, 0.2) is 0 Å². The standard InChI is InChI=1S/C9H15NO3/c1-7(11)6-8-4-2-3-5-9(8)10(12)13/h8-9H,2-6H2,1H3/t8-,9-/m1/s1. The van der Waals surface area contributed by atoms with Crippen molar-refractivity contribution in [3.05, 3.63) is 10.1 Å². The number of carbonyl (C=O) groups excluding carboxylic acids is 1. The lowest BCUT2D eigenvalue weighted by Gasteiger charge is -2.24. The van der Waals surface area contributed by atoms with Gasteiger partial charge in [-0.2, -0.15) is 0 Å². The van der Waals surface area contributed by atoms with E-state index in [1.165, 1.54) is 6.92 Å². The van der Waals surface area contributed by atoms with Gasteiger partial charge in [0.1, 0.15) is 5.78 Å². The maximum atomic E-state index is 10.9. The Labute approximate surface area is 77.5 Å². The van der Waals surface area contributed by atoms with Gasteiger partial charge in [-0.3, -0.25) is 10.1 Å². The second kappa shape index (κ2) is 4.35. The van der Waals surface area contributed by atoms with Crippen molar-refractivity contribution < 1.29 is 9.72 Å². The van der Waals surface area contributed by atoms with Crippen molar-refractivity contribution in [2.75, 3.05) is 0 Å². The van der Waals surface area contributed by atoms with Gasteiger partial charge < -0.3 is 4.79 Å². The molecule has 1 fully saturated rings. The van der Waals surface area contributed by atoms with Gasteiger partial charge in [-0.15, -0.1) is 0 Å². The Bertz CT molecular complexity index is 215. The second-order valence-electron chi connectivity index (χ2n) is 3.80. The van der Waals surface area contributed by atoms with E-state index in [0.717, 1.165) is 19.3 Å². The molecular formula is C9H15NO3. The Balaban J connectivity index is 2.56. The first-order valence-corrected chi connectivity index (χ1v) is 4.74. The van der Waals surface area contributed by atoms with Crippen molar-refractivity contribution in [3.8, 4) is 0 Å². The molecule has 0 aliphatic heterocycles. The van der Waals surface area contributed by atoms with Crippen LogP contribution in [0.5, 0.6) is 0 Å². The molecule has 1 saturated carbocycles. The van der Waals surface area contributed by atoms with Gasteiger partial charge in [0.25, 0.3) is 0 Å². The van der Waals surface area contributed by atoms with Crippen LogP contribution in [0.1, 0.15) is 39.0 Å². The molecule has 0 aromatic rings. The summed E-state index contributed by atoms with van der Waals surface area (Å²) in [5.41, 5.74) is 0. The van der Waals surface area contributed by atoms with Crippen LogP contribution < -0.4 is 0 Å². The molecule has 1 rings (SSSR count). The Hall–Kier alpha value is -0.930. The van der Waals surface area contributed by atoms with E-state index in [4.69, 9.17) is 0 Å². The Morgan fingerprint density at radius 3 is 2.62 bits per heavy atom. The first-order chi connectivity index (χ1) is 6.11. The lowest BCUT2D eigenvalue weighted by atomic mass is 9.82. The Morgan fingerprint density at radius 1 is 1.46 bits per heavy atom. The molecule has 0 amide bonds. The van der Waals surface area contributed by atoms with Gasteiger partial charge in [0.05, 0.1) is 0 Å². The average molecular weight is 185 g/mol. The third-order valence-electron chi connectivity index (χ3n) is 2.69. The van der Waals surface area contributed by atoms with Crippen molar-refractivity contribution >= 4 is 5.78 Å². The van der Waals surface area contributed by atoms with Crippen LogP contribution in [-0.4, -0.2) is 16.7 Å². The van der Waals surface area contributed by atoms with Crippen LogP contribution in [0.25, 0.3) is 0 Å². The summed E-state index contributed by atoms with van der Waals surface area (Å²) >= 11 is 0. The molecule has 13 heavy (non-hydrogen) atoms. The van der Waals surface area contributed by atoms with Gasteiger partial charge in [0, 0.05) is 23.7 Å². The van der Waals surface area contributed by atoms with Gasteiger partial charge in [-0.1, -0.05) is 6.42 Å². The van der Waals surface area contributed by atoms with Crippen LogP contribution in [-0.2, 0) is 4.79 Å². The maximum absolute atomic E-state index is 10.9. The number of nitrogens with zero attached hydrogens (tertiary/aromatic N) is 1. The van der Waals surface area contributed by atoms with Crippen LogP contribution in [0, 0.1) is 16.0 Å². The number of hydrogen-bond donors (Lipinski definition) is 0. The summed E-state index contributed by atoms with van der Waals surface area (Å²) in [5.74, 6) is 0.0556. The van der Waals surface area contributed by atoms with Crippen LogP contribution in [0.4, 0.5) is 0 Å². The second-order valence-corrected chi connectivity index (χ2v) is 3.80. The summed E-state index contributed by atoms with van der Waals surface area (Å²) in [7, 11) is 0. The fourth-order valence-corrected chi connectivity index (χ4v) is 2.07. The lowest BCUT2D eigenvalue weighted by Crippen LogP contribution is -2.33. The van der Waals surface area contributed by atoms with E-state index in [1.54, 1.807) is 0 Å². The summed E-state index contributed by atoms with van der Waals surface area (Å²) in [6.07, 6.45) is 3.82. The largest absolute Gasteiger partial charge is 0.300 e. The van der Waals surface area contributed by atoms with Crippen molar-refractivity contribution in [2.24, 2.45) is 5.92 Å². The van der Waals surface area contributed by atoms with Crippen molar-refractivity contribution in [3.63, 3.8) is 0 Å². The molecule has 1 aliphatic rings. The van der Waals surface area contributed by atoms with Crippen LogP contribution in [0.2, 0.25) is 0 Å². The molecule has 0 spiro atoms. The summed E-state index contributed by atoms with van der Waals surface area (Å²) < 4.78 is 0. The van der Waals surface area contributed by atoms with Crippen molar-refractivity contribution in [1.29, 1.82) is 0 Å². The van der Waals surface area contributed by atoms with E-state index in [2.05, 4.69) is 0 Å². The fraction of sp³-hybridized carbons (Fsp3) is 0.889. The third kappa shape index (κ3) is 2.79. The van der Waals surface area contributed by atoms with E-state index in [0.29, 0.717) is 12.8 Å². The Kier molecular flexibility index (Phi) is 3.39.